The molecule has 0 aromatic heterocycles. The van der Waals surface area contributed by atoms with Crippen LogP contribution in [-0.2, 0) is 0 Å². The van der Waals surface area contributed by atoms with E-state index in [1.165, 1.54) is 18.2 Å². The molecule has 3 N–H and O–H groups in total. The van der Waals surface area contributed by atoms with E-state index in [0.717, 1.165) is 11.6 Å². The molecule has 0 aliphatic rings. The van der Waals surface area contributed by atoms with Crippen LogP contribution >= 0.6 is 0 Å². The van der Waals surface area contributed by atoms with Crippen molar-refractivity contribution in [3.63, 3.8) is 0 Å². The topological polar surface area (TPSA) is 77.8 Å². The summed E-state index contributed by atoms with van der Waals surface area (Å²) in [5, 5.41) is 28.3. The molecule has 0 aliphatic heterocycles. The largest absolute Gasteiger partial charge is 0.508 e. The Morgan fingerprint density at radius 2 is 1.75 bits per heavy atom. The van der Waals surface area contributed by atoms with Crippen LogP contribution in [0.1, 0.15) is 21.5 Å². The third-order valence-corrected chi connectivity index (χ3v) is 2.91. The summed E-state index contributed by atoms with van der Waals surface area (Å²) in [4.78, 5) is 11.9. The zero-order valence-corrected chi connectivity index (χ0v) is 10.9. The first kappa shape index (κ1) is 13.7. The number of ketones is 1. The van der Waals surface area contributed by atoms with Crippen LogP contribution in [0.15, 0.2) is 42.5 Å². The zero-order valence-electron chi connectivity index (χ0n) is 10.9. The van der Waals surface area contributed by atoms with Gasteiger partial charge in [0.25, 0.3) is 0 Å². The maximum atomic E-state index is 11.9. The van der Waals surface area contributed by atoms with Crippen LogP contribution in [-0.4, -0.2) is 21.1 Å². The van der Waals surface area contributed by atoms with E-state index < -0.39 is 0 Å². The molecule has 0 aliphatic carbocycles. The Morgan fingerprint density at radius 1 is 1.00 bits per heavy atom. The molecule has 20 heavy (non-hydrogen) atoms. The number of aryl methyl sites for hydroxylation is 1. The minimum absolute atomic E-state index is 0.105. The summed E-state index contributed by atoms with van der Waals surface area (Å²) < 4.78 is 0. The maximum absolute atomic E-state index is 11.9. The zero-order chi connectivity index (χ0) is 14.7. The maximum Gasteiger partial charge on any atom is 0.189 e. The number of phenolic OH excluding ortho intramolecular Hbond substituents is 3. The molecule has 0 unspecified atom stereocenters. The summed E-state index contributed by atoms with van der Waals surface area (Å²) in [6, 6.07) is 8.87. The first-order valence-corrected chi connectivity index (χ1v) is 6.01. The number of hydrogen-bond donors (Lipinski definition) is 3. The van der Waals surface area contributed by atoms with E-state index in [1.807, 2.05) is 0 Å². The van der Waals surface area contributed by atoms with Crippen molar-refractivity contribution in [2.75, 3.05) is 0 Å². The van der Waals surface area contributed by atoms with E-state index in [0.29, 0.717) is 5.56 Å². The van der Waals surface area contributed by atoms with E-state index in [4.69, 9.17) is 5.11 Å². The molecule has 0 spiro atoms. The minimum atomic E-state index is -0.387. The first-order valence-electron chi connectivity index (χ1n) is 6.01. The van der Waals surface area contributed by atoms with Crippen molar-refractivity contribution in [3.05, 3.63) is 59.2 Å². The van der Waals surface area contributed by atoms with E-state index >= 15 is 0 Å². The van der Waals surface area contributed by atoms with Crippen molar-refractivity contribution >= 4 is 11.9 Å². The van der Waals surface area contributed by atoms with Gasteiger partial charge in [0.15, 0.2) is 5.78 Å². The highest BCUT2D eigenvalue weighted by molar-refractivity contribution is 6.08. The van der Waals surface area contributed by atoms with Crippen molar-refractivity contribution < 1.29 is 20.1 Å². The summed E-state index contributed by atoms with van der Waals surface area (Å²) >= 11 is 0. The van der Waals surface area contributed by atoms with Gasteiger partial charge in [0, 0.05) is 6.07 Å². The van der Waals surface area contributed by atoms with Gasteiger partial charge in [-0.05, 0) is 42.3 Å². The smallest absolute Gasteiger partial charge is 0.189 e. The fourth-order valence-corrected chi connectivity index (χ4v) is 1.72. The Morgan fingerprint density at radius 3 is 2.40 bits per heavy atom. The van der Waals surface area contributed by atoms with Gasteiger partial charge in [-0.3, -0.25) is 4.79 Å². The fraction of sp³-hybridized carbons (Fsp3) is 0.0625. The van der Waals surface area contributed by atoms with Gasteiger partial charge in [-0.2, -0.15) is 0 Å². The third-order valence-electron chi connectivity index (χ3n) is 2.91. The molecule has 2 rings (SSSR count). The van der Waals surface area contributed by atoms with Crippen molar-refractivity contribution in [1.82, 2.24) is 0 Å². The fourth-order valence-electron chi connectivity index (χ4n) is 1.72. The number of aromatic hydroxyl groups is 3. The van der Waals surface area contributed by atoms with E-state index in [1.54, 1.807) is 31.2 Å². The van der Waals surface area contributed by atoms with Gasteiger partial charge in [0.2, 0.25) is 0 Å². The Balaban J connectivity index is 2.22. The molecular weight excluding hydrogens is 256 g/mol. The van der Waals surface area contributed by atoms with Crippen molar-refractivity contribution in [3.8, 4) is 17.2 Å². The number of carbonyl (C=O) groups is 1. The molecule has 2 aromatic rings. The van der Waals surface area contributed by atoms with Crippen LogP contribution in [0, 0.1) is 6.92 Å². The van der Waals surface area contributed by atoms with Gasteiger partial charge in [0.1, 0.15) is 17.2 Å². The molecule has 0 amide bonds. The second-order valence-corrected chi connectivity index (χ2v) is 4.44. The predicted molar refractivity (Wildman–Crippen MR) is 76.0 cm³/mol. The molecule has 0 fully saturated rings. The second kappa shape index (κ2) is 5.48. The van der Waals surface area contributed by atoms with E-state index in [-0.39, 0.29) is 28.6 Å². The highest BCUT2D eigenvalue weighted by Gasteiger charge is 2.08. The van der Waals surface area contributed by atoms with E-state index in [9.17, 15) is 15.0 Å². The molecule has 0 saturated heterocycles. The molecule has 4 nitrogen and oxygen atoms in total. The minimum Gasteiger partial charge on any atom is -0.508 e. The Hall–Kier alpha value is -2.75. The number of allylic oxidation sites excluding steroid dienone is 1. The number of hydrogen-bond acceptors (Lipinski definition) is 4. The third kappa shape index (κ3) is 2.98. The summed E-state index contributed by atoms with van der Waals surface area (Å²) in [6.45, 7) is 1.78. The highest BCUT2D eigenvalue weighted by Crippen LogP contribution is 2.24. The molecule has 4 heteroatoms. The van der Waals surface area contributed by atoms with Crippen LogP contribution in [0.4, 0.5) is 0 Å². The molecule has 2 aromatic carbocycles. The summed E-state index contributed by atoms with van der Waals surface area (Å²) in [6.07, 6.45) is 2.85. The Bertz CT molecular complexity index is 687. The molecule has 102 valence electrons. The van der Waals surface area contributed by atoms with Gasteiger partial charge in [-0.15, -0.1) is 0 Å². The molecule has 0 bridgehead atoms. The van der Waals surface area contributed by atoms with Crippen LogP contribution < -0.4 is 0 Å². The quantitative estimate of drug-likeness (QED) is 0.592. The van der Waals surface area contributed by atoms with Gasteiger partial charge in [0.05, 0.1) is 5.56 Å². The Labute approximate surface area is 116 Å². The predicted octanol–water partition coefficient (Wildman–Crippen LogP) is 3.01. The molecule has 0 atom stereocenters. The van der Waals surface area contributed by atoms with Crippen molar-refractivity contribution in [1.29, 1.82) is 0 Å². The molecular formula is C16H14O4. The van der Waals surface area contributed by atoms with Gasteiger partial charge in [-0.25, -0.2) is 0 Å². The molecule has 0 saturated carbocycles. The normalized spacial score (nSPS) is 10.8. The van der Waals surface area contributed by atoms with Crippen LogP contribution in [0.5, 0.6) is 17.2 Å². The monoisotopic (exact) mass is 270 g/mol. The first-order chi connectivity index (χ1) is 9.47. The summed E-state index contributed by atoms with van der Waals surface area (Å²) in [5.41, 5.74) is 1.54. The number of rotatable bonds is 3. The SMILES string of the molecule is Cc1ccc(/C=C/C(=O)c2ccc(O)cc2O)cc1O. The average molecular weight is 270 g/mol. The number of carbonyl (C=O) groups excluding carboxylic acids is 1. The lowest BCUT2D eigenvalue weighted by molar-refractivity contribution is 0.104. The lowest BCUT2D eigenvalue weighted by Crippen LogP contribution is -1.94. The average Bonchev–Trinajstić information content (AvgIpc) is 2.40. The Kier molecular flexibility index (Phi) is 3.75. The lowest BCUT2D eigenvalue weighted by Gasteiger charge is -2.02. The van der Waals surface area contributed by atoms with Crippen LogP contribution in [0.3, 0.4) is 0 Å². The summed E-state index contributed by atoms with van der Waals surface area (Å²) in [7, 11) is 0. The number of benzene rings is 2. The highest BCUT2D eigenvalue weighted by atomic mass is 16.3. The van der Waals surface area contributed by atoms with Crippen LogP contribution in [0.25, 0.3) is 6.08 Å². The second-order valence-electron chi connectivity index (χ2n) is 4.44. The van der Waals surface area contributed by atoms with Crippen molar-refractivity contribution in [2.24, 2.45) is 0 Å². The van der Waals surface area contributed by atoms with Gasteiger partial charge >= 0.3 is 0 Å². The van der Waals surface area contributed by atoms with E-state index in [2.05, 4.69) is 0 Å². The van der Waals surface area contributed by atoms with Gasteiger partial charge in [-0.1, -0.05) is 18.2 Å². The van der Waals surface area contributed by atoms with Crippen LogP contribution in [0.2, 0.25) is 0 Å². The van der Waals surface area contributed by atoms with Gasteiger partial charge < -0.3 is 15.3 Å². The lowest BCUT2D eigenvalue weighted by atomic mass is 10.1. The molecule has 0 heterocycles. The summed E-state index contributed by atoms with van der Waals surface area (Å²) in [5.74, 6) is -0.604. The van der Waals surface area contributed by atoms with Crippen molar-refractivity contribution in [2.45, 2.75) is 6.92 Å². The molecule has 0 radical (unpaired) electrons. The standard InChI is InChI=1S/C16H14O4/c1-10-2-3-11(8-15(10)19)4-7-14(18)13-6-5-12(17)9-16(13)20/h2-9,17,19-20H,1H3/b7-4+. The number of phenols is 3.